The SMILES string of the molecule is C=NN1C(N(C)C(=O)OC(C)(C)C)=CC(Cl)=N/C1=C(/C)C(=O)NC1CC[C@H]1O. The molecule has 0 aromatic heterocycles. The summed E-state index contributed by atoms with van der Waals surface area (Å²) in [4.78, 5) is 30.4. The molecule has 0 bridgehead atoms. The highest BCUT2D eigenvalue weighted by atomic mass is 35.5. The molecule has 9 nitrogen and oxygen atoms in total. The molecule has 28 heavy (non-hydrogen) atoms. The molecule has 0 saturated heterocycles. The second-order valence-corrected chi connectivity index (χ2v) is 7.99. The summed E-state index contributed by atoms with van der Waals surface area (Å²) < 4.78 is 5.36. The number of halogens is 1. The Kier molecular flexibility index (Phi) is 6.51. The minimum atomic E-state index is -0.691. The molecule has 1 heterocycles. The van der Waals surface area contributed by atoms with E-state index in [0.29, 0.717) is 12.8 Å². The first-order valence-corrected chi connectivity index (χ1v) is 9.21. The van der Waals surface area contributed by atoms with E-state index in [2.05, 4.69) is 22.1 Å². The quantitative estimate of drug-likeness (QED) is 0.544. The Morgan fingerprint density at radius 3 is 2.57 bits per heavy atom. The molecule has 2 aliphatic rings. The molecule has 0 aromatic carbocycles. The monoisotopic (exact) mass is 411 g/mol. The maximum Gasteiger partial charge on any atom is 0.415 e. The molecule has 10 heteroatoms. The maximum atomic E-state index is 12.6. The molecule has 1 unspecified atom stereocenters. The zero-order valence-electron chi connectivity index (χ0n) is 16.7. The Bertz CT molecular complexity index is 768. The number of aliphatic hydroxyl groups excluding tert-OH is 1. The zero-order valence-corrected chi connectivity index (χ0v) is 17.4. The van der Waals surface area contributed by atoms with Gasteiger partial charge in [-0.2, -0.15) is 10.1 Å². The van der Waals surface area contributed by atoms with Gasteiger partial charge in [-0.1, -0.05) is 11.6 Å². The molecule has 1 fully saturated rings. The minimum absolute atomic E-state index is 0.0659. The van der Waals surface area contributed by atoms with Crippen molar-refractivity contribution in [2.75, 3.05) is 7.05 Å². The minimum Gasteiger partial charge on any atom is -0.443 e. The van der Waals surface area contributed by atoms with Gasteiger partial charge in [-0.3, -0.25) is 9.69 Å². The highest BCUT2D eigenvalue weighted by Gasteiger charge is 2.33. The Hall–Kier alpha value is -2.39. The standard InChI is InChI=1S/C18H26ClN5O4/c1-10(16(26)21-11-7-8-12(11)25)15-22-13(19)9-14(24(15)20-5)23(6)17(27)28-18(2,3)4/h9,11-12,25H,5,7-8H2,1-4,6H3,(H,21,26)/b15-10+/t11?,12-/m1/s1. The van der Waals surface area contributed by atoms with Crippen LogP contribution in [0.2, 0.25) is 0 Å². The van der Waals surface area contributed by atoms with Gasteiger partial charge in [0.25, 0.3) is 5.91 Å². The first-order chi connectivity index (χ1) is 12.9. The second-order valence-electron chi connectivity index (χ2n) is 7.60. The topological polar surface area (TPSA) is 107 Å². The van der Waals surface area contributed by atoms with Gasteiger partial charge in [0, 0.05) is 19.8 Å². The number of hydrogen-bond donors (Lipinski definition) is 2. The van der Waals surface area contributed by atoms with Gasteiger partial charge in [-0.15, -0.1) is 0 Å². The molecule has 0 aromatic rings. The molecule has 0 radical (unpaired) electrons. The highest BCUT2D eigenvalue weighted by Crippen LogP contribution is 2.28. The number of amides is 2. The van der Waals surface area contributed by atoms with E-state index in [0.717, 1.165) is 0 Å². The molecule has 0 spiro atoms. The van der Waals surface area contributed by atoms with Crippen LogP contribution in [-0.4, -0.2) is 63.7 Å². The number of rotatable bonds is 4. The summed E-state index contributed by atoms with van der Waals surface area (Å²) >= 11 is 6.13. The van der Waals surface area contributed by atoms with Crippen LogP contribution in [0.3, 0.4) is 0 Å². The lowest BCUT2D eigenvalue weighted by Gasteiger charge is -2.34. The van der Waals surface area contributed by atoms with Crippen molar-refractivity contribution in [3.8, 4) is 0 Å². The van der Waals surface area contributed by atoms with Crippen LogP contribution in [0.5, 0.6) is 0 Å². The van der Waals surface area contributed by atoms with Gasteiger partial charge >= 0.3 is 6.09 Å². The number of hydrogen-bond acceptors (Lipinski definition) is 7. The van der Waals surface area contributed by atoms with Crippen molar-refractivity contribution in [3.05, 3.63) is 23.3 Å². The molecule has 154 valence electrons. The van der Waals surface area contributed by atoms with Gasteiger partial charge < -0.3 is 15.2 Å². The van der Waals surface area contributed by atoms with E-state index in [1.54, 1.807) is 27.7 Å². The van der Waals surface area contributed by atoms with E-state index in [1.807, 2.05) is 0 Å². The number of hydrazone groups is 1. The molecule has 2 amide bonds. The molecule has 2 atom stereocenters. The predicted molar refractivity (Wildman–Crippen MR) is 107 cm³/mol. The molecular formula is C18H26ClN5O4. The largest absolute Gasteiger partial charge is 0.443 e. The van der Waals surface area contributed by atoms with Crippen LogP contribution in [0.4, 0.5) is 4.79 Å². The summed E-state index contributed by atoms with van der Waals surface area (Å²) in [5.41, 5.74) is -0.476. The van der Waals surface area contributed by atoms with Crippen LogP contribution in [0.1, 0.15) is 40.5 Å². The first kappa shape index (κ1) is 21.9. The number of carbonyl (C=O) groups is 2. The van der Waals surface area contributed by atoms with E-state index >= 15 is 0 Å². The number of aliphatic hydroxyl groups is 1. The van der Waals surface area contributed by atoms with Crippen molar-refractivity contribution < 1.29 is 19.4 Å². The fraction of sp³-hybridized carbons (Fsp3) is 0.556. The van der Waals surface area contributed by atoms with Crippen molar-refractivity contribution in [3.63, 3.8) is 0 Å². The summed E-state index contributed by atoms with van der Waals surface area (Å²) in [6.45, 7) is 10.3. The predicted octanol–water partition coefficient (Wildman–Crippen LogP) is 2.13. The fourth-order valence-electron chi connectivity index (χ4n) is 2.53. The Morgan fingerprint density at radius 1 is 1.46 bits per heavy atom. The van der Waals surface area contributed by atoms with Crippen LogP contribution >= 0.6 is 11.6 Å². The Labute approximate surface area is 169 Å². The smallest absolute Gasteiger partial charge is 0.415 e. The molecule has 1 aliphatic carbocycles. The van der Waals surface area contributed by atoms with Crippen molar-refractivity contribution in [2.24, 2.45) is 10.1 Å². The summed E-state index contributed by atoms with van der Waals surface area (Å²) in [7, 11) is 1.49. The van der Waals surface area contributed by atoms with Crippen molar-refractivity contribution in [1.29, 1.82) is 0 Å². The van der Waals surface area contributed by atoms with Crippen LogP contribution in [0, 0.1) is 0 Å². The number of allylic oxidation sites excluding steroid dienone is 1. The van der Waals surface area contributed by atoms with Crippen molar-refractivity contribution in [2.45, 2.75) is 58.3 Å². The molecule has 1 saturated carbocycles. The maximum absolute atomic E-state index is 12.6. The molecule has 1 aliphatic heterocycles. The van der Waals surface area contributed by atoms with Crippen LogP contribution in [0.15, 0.2) is 33.4 Å². The molecule has 2 rings (SSSR count). The number of nitrogens with zero attached hydrogens (tertiary/aromatic N) is 4. The summed E-state index contributed by atoms with van der Waals surface area (Å²) in [6.07, 6.45) is 1.60. The summed E-state index contributed by atoms with van der Waals surface area (Å²) in [6, 6.07) is -0.296. The van der Waals surface area contributed by atoms with E-state index < -0.39 is 23.7 Å². The normalized spacial score (nSPS) is 23.8. The lowest BCUT2D eigenvalue weighted by Crippen LogP contribution is -2.50. The number of ether oxygens (including phenoxy) is 1. The zero-order chi connectivity index (χ0) is 21.2. The average molecular weight is 412 g/mol. The Morgan fingerprint density at radius 2 is 2.11 bits per heavy atom. The van der Waals surface area contributed by atoms with Gasteiger partial charge in [-0.05, 0) is 40.5 Å². The molecule has 2 N–H and O–H groups in total. The van der Waals surface area contributed by atoms with Crippen molar-refractivity contribution in [1.82, 2.24) is 15.2 Å². The van der Waals surface area contributed by atoms with Gasteiger partial charge in [0.05, 0.1) is 17.7 Å². The lowest BCUT2D eigenvalue weighted by molar-refractivity contribution is -0.120. The number of nitrogens with one attached hydrogen (secondary N) is 1. The lowest BCUT2D eigenvalue weighted by atomic mass is 9.89. The van der Waals surface area contributed by atoms with Gasteiger partial charge in [0.1, 0.15) is 16.6 Å². The van der Waals surface area contributed by atoms with E-state index in [9.17, 15) is 14.7 Å². The fourth-order valence-corrected chi connectivity index (χ4v) is 2.71. The third-order valence-electron chi connectivity index (χ3n) is 4.26. The van der Waals surface area contributed by atoms with Crippen LogP contribution in [-0.2, 0) is 9.53 Å². The third-order valence-corrected chi connectivity index (χ3v) is 4.45. The third kappa shape index (κ3) is 4.90. The summed E-state index contributed by atoms with van der Waals surface area (Å²) in [5, 5.41) is 17.6. The van der Waals surface area contributed by atoms with E-state index in [-0.39, 0.29) is 28.4 Å². The number of carbonyl (C=O) groups excluding carboxylic acids is 2. The van der Waals surface area contributed by atoms with Gasteiger partial charge in [-0.25, -0.2) is 9.79 Å². The second kappa shape index (κ2) is 8.32. The van der Waals surface area contributed by atoms with Crippen LogP contribution < -0.4 is 5.32 Å². The Balaban J connectivity index is 2.30. The highest BCUT2D eigenvalue weighted by molar-refractivity contribution is 6.68. The van der Waals surface area contributed by atoms with Crippen LogP contribution in [0.25, 0.3) is 0 Å². The average Bonchev–Trinajstić information content (AvgIpc) is 2.61. The number of aliphatic imine (C=N–C) groups is 1. The van der Waals surface area contributed by atoms with E-state index in [4.69, 9.17) is 16.3 Å². The van der Waals surface area contributed by atoms with Crippen molar-refractivity contribution >= 4 is 35.5 Å². The van der Waals surface area contributed by atoms with Gasteiger partial charge in [0.15, 0.2) is 5.82 Å². The summed E-state index contributed by atoms with van der Waals surface area (Å²) in [5.74, 6) is -0.0592. The first-order valence-electron chi connectivity index (χ1n) is 8.83. The van der Waals surface area contributed by atoms with E-state index in [1.165, 1.54) is 23.0 Å². The molecular weight excluding hydrogens is 386 g/mol. The van der Waals surface area contributed by atoms with Gasteiger partial charge in [0.2, 0.25) is 0 Å².